The van der Waals surface area contributed by atoms with Crippen LogP contribution in [0, 0.1) is 12.7 Å². The molecule has 186 valence electrons. The monoisotopic (exact) mass is 485 g/mol. The number of nitrogens with zero attached hydrogens (tertiary/aromatic N) is 3. The standard InChI is InChI=1S/C30H32FN3O2/c1-20(2)25-13-8-21(3)16-28(25)36-15-14-34-27-7-5-4-6-26(27)32-30(34)23-17-29(35)33(19-23)18-22-9-11-24(31)12-10-22/h4-13,16,20,23H,14-15,17-19H2,1-3H3. The highest BCUT2D eigenvalue weighted by Crippen LogP contribution is 2.32. The Morgan fingerprint density at radius 2 is 1.86 bits per heavy atom. The summed E-state index contributed by atoms with van der Waals surface area (Å²) < 4.78 is 21.8. The van der Waals surface area contributed by atoms with Gasteiger partial charge in [-0.2, -0.15) is 0 Å². The maximum atomic E-state index is 13.3. The van der Waals surface area contributed by atoms with Gasteiger partial charge >= 0.3 is 0 Å². The fourth-order valence-corrected chi connectivity index (χ4v) is 5.04. The fourth-order valence-electron chi connectivity index (χ4n) is 5.04. The Balaban J connectivity index is 1.36. The second kappa shape index (κ2) is 10.1. The molecule has 0 spiro atoms. The van der Waals surface area contributed by atoms with Gasteiger partial charge in [-0.1, -0.05) is 50.2 Å². The molecule has 0 aliphatic carbocycles. The van der Waals surface area contributed by atoms with Crippen LogP contribution >= 0.6 is 0 Å². The average molecular weight is 486 g/mol. The number of imidazole rings is 1. The number of benzene rings is 3. The van der Waals surface area contributed by atoms with E-state index >= 15 is 0 Å². The zero-order valence-electron chi connectivity index (χ0n) is 21.1. The van der Waals surface area contributed by atoms with E-state index in [9.17, 15) is 9.18 Å². The van der Waals surface area contributed by atoms with E-state index < -0.39 is 0 Å². The zero-order valence-corrected chi connectivity index (χ0v) is 21.1. The molecule has 36 heavy (non-hydrogen) atoms. The summed E-state index contributed by atoms with van der Waals surface area (Å²) >= 11 is 0. The molecular formula is C30H32FN3O2. The Bertz CT molecular complexity index is 1380. The molecule has 1 unspecified atom stereocenters. The van der Waals surface area contributed by atoms with Crippen LogP contribution in [0.4, 0.5) is 4.39 Å². The van der Waals surface area contributed by atoms with E-state index in [0.29, 0.717) is 38.6 Å². The van der Waals surface area contributed by atoms with Crippen LogP contribution < -0.4 is 4.74 Å². The first kappa shape index (κ1) is 24.0. The lowest BCUT2D eigenvalue weighted by molar-refractivity contribution is -0.128. The number of carbonyl (C=O) groups excluding carboxylic acids is 1. The van der Waals surface area contributed by atoms with Gasteiger partial charge in [0.25, 0.3) is 0 Å². The molecule has 0 radical (unpaired) electrons. The van der Waals surface area contributed by atoms with Gasteiger partial charge in [-0.3, -0.25) is 4.79 Å². The number of ether oxygens (including phenoxy) is 1. The van der Waals surface area contributed by atoms with Crippen LogP contribution in [0.2, 0.25) is 0 Å². The number of aryl methyl sites for hydroxylation is 1. The number of para-hydroxylation sites is 2. The lowest BCUT2D eigenvalue weighted by Crippen LogP contribution is -2.24. The Labute approximate surface area is 211 Å². The van der Waals surface area contributed by atoms with Crippen molar-refractivity contribution in [3.05, 3.63) is 95.1 Å². The van der Waals surface area contributed by atoms with Crippen molar-refractivity contribution in [1.82, 2.24) is 14.5 Å². The summed E-state index contributed by atoms with van der Waals surface area (Å²) in [6.07, 6.45) is 0.417. The number of hydrogen-bond acceptors (Lipinski definition) is 3. The number of rotatable bonds is 8. The van der Waals surface area contributed by atoms with Crippen LogP contribution in [0.1, 0.15) is 54.6 Å². The third-order valence-electron chi connectivity index (χ3n) is 6.91. The first-order valence-corrected chi connectivity index (χ1v) is 12.6. The molecular weight excluding hydrogens is 453 g/mol. The van der Waals surface area contributed by atoms with Crippen LogP contribution in [0.5, 0.6) is 5.75 Å². The van der Waals surface area contributed by atoms with E-state index in [0.717, 1.165) is 28.2 Å². The molecule has 4 aromatic rings. The minimum atomic E-state index is -0.272. The largest absolute Gasteiger partial charge is 0.491 e. The summed E-state index contributed by atoms with van der Waals surface area (Å²) in [4.78, 5) is 19.7. The lowest BCUT2D eigenvalue weighted by atomic mass is 10.0. The van der Waals surface area contributed by atoms with E-state index in [1.807, 2.05) is 23.1 Å². The van der Waals surface area contributed by atoms with Crippen molar-refractivity contribution in [3.8, 4) is 5.75 Å². The normalized spacial score (nSPS) is 15.9. The number of hydrogen-bond donors (Lipinski definition) is 0. The van der Waals surface area contributed by atoms with Crippen molar-refractivity contribution in [3.63, 3.8) is 0 Å². The Morgan fingerprint density at radius 1 is 1.08 bits per heavy atom. The summed E-state index contributed by atoms with van der Waals surface area (Å²) in [5, 5.41) is 0. The van der Waals surface area contributed by atoms with Gasteiger partial charge in [0.05, 0.1) is 17.6 Å². The van der Waals surface area contributed by atoms with Crippen molar-refractivity contribution < 1.29 is 13.9 Å². The van der Waals surface area contributed by atoms with Gasteiger partial charge in [0.15, 0.2) is 0 Å². The predicted octanol–water partition coefficient (Wildman–Crippen LogP) is 6.20. The number of aromatic nitrogens is 2. The first-order chi connectivity index (χ1) is 17.4. The quantitative estimate of drug-likeness (QED) is 0.298. The van der Waals surface area contributed by atoms with Crippen LogP contribution in [0.25, 0.3) is 11.0 Å². The van der Waals surface area contributed by atoms with Crippen LogP contribution in [-0.4, -0.2) is 33.5 Å². The lowest BCUT2D eigenvalue weighted by Gasteiger charge is -2.18. The van der Waals surface area contributed by atoms with Crippen LogP contribution in [0.3, 0.4) is 0 Å². The molecule has 1 fully saturated rings. The average Bonchev–Trinajstić information content (AvgIpc) is 3.40. The summed E-state index contributed by atoms with van der Waals surface area (Å²) in [5.41, 5.74) is 5.28. The molecule has 1 amide bonds. The summed E-state index contributed by atoms with van der Waals surface area (Å²) in [7, 11) is 0. The van der Waals surface area contributed by atoms with E-state index in [-0.39, 0.29) is 17.6 Å². The van der Waals surface area contributed by atoms with Gasteiger partial charge in [-0.05, 0) is 59.9 Å². The molecule has 5 rings (SSSR count). The zero-order chi connectivity index (χ0) is 25.2. The highest BCUT2D eigenvalue weighted by atomic mass is 19.1. The summed E-state index contributed by atoms with van der Waals surface area (Å²) in [6, 6.07) is 20.8. The molecule has 5 nitrogen and oxygen atoms in total. The Hall–Kier alpha value is -3.67. The predicted molar refractivity (Wildman–Crippen MR) is 140 cm³/mol. The van der Waals surface area contributed by atoms with Gasteiger partial charge in [0.2, 0.25) is 5.91 Å². The second-order valence-corrected chi connectivity index (χ2v) is 9.96. The van der Waals surface area contributed by atoms with E-state index in [1.54, 1.807) is 12.1 Å². The highest BCUT2D eigenvalue weighted by molar-refractivity contribution is 5.81. The molecule has 1 aliphatic heterocycles. The molecule has 1 saturated heterocycles. The molecule has 1 aromatic heterocycles. The first-order valence-electron chi connectivity index (χ1n) is 12.6. The van der Waals surface area contributed by atoms with E-state index in [4.69, 9.17) is 9.72 Å². The minimum absolute atomic E-state index is 0.00413. The summed E-state index contributed by atoms with van der Waals surface area (Å²) in [5.74, 6) is 2.05. The van der Waals surface area contributed by atoms with Crippen LogP contribution in [-0.2, 0) is 17.9 Å². The second-order valence-electron chi connectivity index (χ2n) is 9.96. The van der Waals surface area contributed by atoms with Crippen molar-refractivity contribution in [2.75, 3.05) is 13.2 Å². The third-order valence-corrected chi connectivity index (χ3v) is 6.91. The van der Waals surface area contributed by atoms with Crippen molar-refractivity contribution in [1.29, 1.82) is 0 Å². The number of fused-ring (bicyclic) bond motifs is 1. The topological polar surface area (TPSA) is 47.4 Å². The number of amides is 1. The van der Waals surface area contributed by atoms with E-state index in [2.05, 4.69) is 49.6 Å². The summed E-state index contributed by atoms with van der Waals surface area (Å²) in [6.45, 7) is 8.65. The fraction of sp³-hybridized carbons (Fsp3) is 0.333. The molecule has 0 bridgehead atoms. The number of likely N-dealkylation sites (tertiary alicyclic amines) is 1. The van der Waals surface area contributed by atoms with Gasteiger partial charge in [-0.25, -0.2) is 9.37 Å². The van der Waals surface area contributed by atoms with Gasteiger partial charge in [0, 0.05) is 25.4 Å². The van der Waals surface area contributed by atoms with Gasteiger partial charge in [0.1, 0.15) is 24.0 Å². The van der Waals surface area contributed by atoms with Crippen molar-refractivity contribution in [2.45, 2.75) is 52.1 Å². The molecule has 6 heteroatoms. The van der Waals surface area contributed by atoms with Gasteiger partial charge in [-0.15, -0.1) is 0 Å². The Morgan fingerprint density at radius 3 is 2.64 bits per heavy atom. The Kier molecular flexibility index (Phi) is 6.77. The van der Waals surface area contributed by atoms with Crippen molar-refractivity contribution >= 4 is 16.9 Å². The van der Waals surface area contributed by atoms with Crippen molar-refractivity contribution in [2.24, 2.45) is 0 Å². The third kappa shape index (κ3) is 4.99. The molecule has 1 atom stereocenters. The van der Waals surface area contributed by atoms with Gasteiger partial charge < -0.3 is 14.2 Å². The highest BCUT2D eigenvalue weighted by Gasteiger charge is 2.34. The molecule has 0 N–H and O–H groups in total. The van der Waals surface area contributed by atoms with E-state index in [1.165, 1.54) is 23.3 Å². The number of carbonyl (C=O) groups is 1. The molecule has 3 aromatic carbocycles. The maximum absolute atomic E-state index is 13.3. The molecule has 2 heterocycles. The number of halogens is 1. The SMILES string of the molecule is Cc1ccc(C(C)C)c(OCCn2c(C3CC(=O)N(Cc4ccc(F)cc4)C3)nc3ccccc32)c1. The van der Waals surface area contributed by atoms with Crippen LogP contribution in [0.15, 0.2) is 66.7 Å². The molecule has 0 saturated carbocycles. The molecule has 1 aliphatic rings. The smallest absolute Gasteiger partial charge is 0.223 e. The minimum Gasteiger partial charge on any atom is -0.491 e. The maximum Gasteiger partial charge on any atom is 0.223 e.